The van der Waals surface area contributed by atoms with Gasteiger partial charge in [-0.2, -0.15) is 0 Å². The molecular weight excluding hydrogens is 392 g/mol. The topological polar surface area (TPSA) is 63.9 Å². The first kappa shape index (κ1) is 17.9. The third-order valence-corrected chi connectivity index (χ3v) is 5.35. The van der Waals surface area contributed by atoms with Crippen LogP contribution in [0.25, 0.3) is 0 Å². The van der Waals surface area contributed by atoms with E-state index in [1.54, 1.807) is 11.2 Å². The maximum atomic E-state index is 13.3. The molecule has 7 heteroatoms. The van der Waals surface area contributed by atoms with Crippen molar-refractivity contribution in [1.82, 2.24) is 4.90 Å². The number of halogens is 1. The van der Waals surface area contributed by atoms with E-state index >= 15 is 0 Å². The summed E-state index contributed by atoms with van der Waals surface area (Å²) in [6.07, 6.45) is 1.96. The number of ether oxygens (including phenoxy) is 2. The first-order chi connectivity index (χ1) is 14.2. The molecule has 6 nitrogen and oxygen atoms in total. The molecule has 3 aromatic rings. The number of carbonyl (C=O) groups excluding carboxylic acids is 1. The van der Waals surface area contributed by atoms with Gasteiger partial charge in [-0.1, -0.05) is 23.7 Å². The molecule has 1 N–H and O–H groups in total. The van der Waals surface area contributed by atoms with Crippen molar-refractivity contribution in [3.63, 3.8) is 0 Å². The molecule has 0 bridgehead atoms. The number of nitrogens with zero attached hydrogens (tertiary/aromatic N) is 1. The number of carbonyl (C=O) groups is 1. The van der Waals surface area contributed by atoms with E-state index in [9.17, 15) is 4.79 Å². The Bertz CT molecular complexity index is 1050. The Hall–Kier alpha value is -3.12. The summed E-state index contributed by atoms with van der Waals surface area (Å²) in [4.78, 5) is 15.0. The van der Waals surface area contributed by atoms with Crippen LogP contribution in [0.1, 0.15) is 34.3 Å². The highest BCUT2D eigenvalue weighted by molar-refractivity contribution is 6.32. The molecule has 0 fully saturated rings. The van der Waals surface area contributed by atoms with Crippen molar-refractivity contribution in [1.29, 1.82) is 0 Å². The van der Waals surface area contributed by atoms with Crippen LogP contribution in [-0.4, -0.2) is 24.0 Å². The van der Waals surface area contributed by atoms with E-state index in [2.05, 4.69) is 5.32 Å². The van der Waals surface area contributed by atoms with Gasteiger partial charge in [-0.3, -0.25) is 4.79 Å². The largest absolute Gasteiger partial charge is 0.489 e. The summed E-state index contributed by atoms with van der Waals surface area (Å²) < 4.78 is 17.1. The number of hydrogen-bond donors (Lipinski definition) is 1. The number of nitrogens with one attached hydrogen (secondary N) is 1. The zero-order chi connectivity index (χ0) is 19.8. The van der Waals surface area contributed by atoms with Gasteiger partial charge in [-0.15, -0.1) is 0 Å². The number of hydrogen-bond acceptors (Lipinski definition) is 5. The Morgan fingerprint density at radius 1 is 1.10 bits per heavy atom. The Morgan fingerprint density at radius 2 is 1.97 bits per heavy atom. The molecule has 148 valence electrons. The van der Waals surface area contributed by atoms with Crippen molar-refractivity contribution < 1.29 is 18.7 Å². The van der Waals surface area contributed by atoms with E-state index in [0.717, 1.165) is 17.7 Å². The lowest BCUT2D eigenvalue weighted by Gasteiger charge is -2.38. The number of furan rings is 1. The molecule has 0 radical (unpaired) electrons. The molecule has 0 saturated carbocycles. The summed E-state index contributed by atoms with van der Waals surface area (Å²) in [6.45, 7) is 1.44. The Labute approximate surface area is 173 Å². The number of para-hydroxylation sites is 1. The van der Waals surface area contributed by atoms with Crippen molar-refractivity contribution in [3.05, 3.63) is 76.7 Å². The molecule has 2 aromatic carbocycles. The molecule has 2 aliphatic heterocycles. The van der Waals surface area contributed by atoms with E-state index in [0.29, 0.717) is 47.6 Å². The van der Waals surface area contributed by atoms with E-state index in [1.165, 1.54) is 0 Å². The van der Waals surface area contributed by atoms with Crippen molar-refractivity contribution >= 4 is 23.2 Å². The molecule has 2 aliphatic rings. The number of anilines is 1. The van der Waals surface area contributed by atoms with Crippen LogP contribution in [0.5, 0.6) is 11.5 Å². The highest BCUT2D eigenvalue weighted by Gasteiger charge is 2.34. The zero-order valence-electron chi connectivity index (χ0n) is 15.6. The average Bonchev–Trinajstić information content (AvgIpc) is 3.12. The third kappa shape index (κ3) is 3.29. The minimum absolute atomic E-state index is 0.0796. The van der Waals surface area contributed by atoms with Crippen LogP contribution < -0.4 is 14.8 Å². The van der Waals surface area contributed by atoms with Gasteiger partial charge in [0.2, 0.25) is 0 Å². The molecule has 0 aliphatic carbocycles. The number of fused-ring (bicyclic) bond motifs is 2. The smallest absolute Gasteiger partial charge is 0.258 e. The van der Waals surface area contributed by atoms with Crippen LogP contribution in [0.4, 0.5) is 5.69 Å². The fourth-order valence-electron chi connectivity index (χ4n) is 3.70. The zero-order valence-corrected chi connectivity index (χ0v) is 16.3. The van der Waals surface area contributed by atoms with Crippen LogP contribution in [0, 0.1) is 0 Å². The predicted octanol–water partition coefficient (Wildman–Crippen LogP) is 4.86. The highest BCUT2D eigenvalue weighted by atomic mass is 35.5. The van der Waals surface area contributed by atoms with Gasteiger partial charge >= 0.3 is 0 Å². The Balaban J connectivity index is 1.58. The summed E-state index contributed by atoms with van der Waals surface area (Å²) in [7, 11) is 0. The van der Waals surface area contributed by atoms with Gasteiger partial charge in [0.1, 0.15) is 11.9 Å². The highest BCUT2D eigenvalue weighted by Crippen LogP contribution is 2.42. The molecule has 29 heavy (non-hydrogen) atoms. The Morgan fingerprint density at radius 3 is 2.83 bits per heavy atom. The molecule has 3 heterocycles. The molecule has 0 saturated heterocycles. The van der Waals surface area contributed by atoms with Crippen molar-refractivity contribution in [2.45, 2.75) is 19.1 Å². The quantitative estimate of drug-likeness (QED) is 0.668. The summed E-state index contributed by atoms with van der Waals surface area (Å²) in [5.74, 6) is 1.76. The second kappa shape index (κ2) is 7.37. The van der Waals surface area contributed by atoms with E-state index in [1.807, 2.05) is 48.5 Å². The lowest BCUT2D eigenvalue weighted by Crippen LogP contribution is -2.42. The van der Waals surface area contributed by atoms with Gasteiger partial charge in [0, 0.05) is 17.7 Å². The van der Waals surface area contributed by atoms with Crippen LogP contribution in [0.15, 0.2) is 59.2 Å². The number of amides is 1. The van der Waals surface area contributed by atoms with Crippen LogP contribution in [0.2, 0.25) is 5.02 Å². The first-order valence-corrected chi connectivity index (χ1v) is 9.86. The minimum atomic E-state index is -0.433. The van der Waals surface area contributed by atoms with Crippen LogP contribution >= 0.6 is 11.6 Å². The van der Waals surface area contributed by atoms with Crippen molar-refractivity contribution in [2.75, 3.05) is 18.5 Å². The van der Waals surface area contributed by atoms with Crippen molar-refractivity contribution in [2.24, 2.45) is 0 Å². The maximum absolute atomic E-state index is 13.3. The van der Waals surface area contributed by atoms with Crippen molar-refractivity contribution in [3.8, 4) is 11.5 Å². The molecule has 0 spiro atoms. The number of rotatable bonds is 3. The lowest BCUT2D eigenvalue weighted by molar-refractivity contribution is 0.0651. The first-order valence-electron chi connectivity index (χ1n) is 9.48. The van der Waals surface area contributed by atoms with E-state index in [-0.39, 0.29) is 5.91 Å². The predicted molar refractivity (Wildman–Crippen MR) is 108 cm³/mol. The summed E-state index contributed by atoms with van der Waals surface area (Å²) in [6, 6.07) is 14.8. The minimum Gasteiger partial charge on any atom is -0.489 e. The van der Waals surface area contributed by atoms with Gasteiger partial charge in [0.05, 0.1) is 36.6 Å². The molecule has 1 atom stereocenters. The molecule has 1 amide bonds. The van der Waals surface area contributed by atoms with Gasteiger partial charge in [-0.25, -0.2) is 0 Å². The normalized spacial score (nSPS) is 18.0. The van der Waals surface area contributed by atoms with E-state index in [4.69, 9.17) is 25.5 Å². The summed E-state index contributed by atoms with van der Waals surface area (Å²) in [5.41, 5.74) is 2.21. The number of benzene rings is 2. The molecule has 0 unspecified atom stereocenters. The molecule has 1 aromatic heterocycles. The second-order valence-corrected chi connectivity index (χ2v) is 7.39. The van der Waals surface area contributed by atoms with Gasteiger partial charge in [-0.05, 0) is 36.4 Å². The summed E-state index contributed by atoms with van der Waals surface area (Å²) in [5, 5.41) is 3.93. The third-order valence-electron chi connectivity index (χ3n) is 5.07. The van der Waals surface area contributed by atoms with Crippen LogP contribution in [0.3, 0.4) is 0 Å². The Kier molecular flexibility index (Phi) is 4.56. The van der Waals surface area contributed by atoms with Gasteiger partial charge in [0.25, 0.3) is 5.91 Å². The fraction of sp³-hybridized carbons (Fsp3) is 0.227. The van der Waals surface area contributed by atoms with E-state index < -0.39 is 6.17 Å². The second-order valence-electron chi connectivity index (χ2n) is 6.99. The van der Waals surface area contributed by atoms with Crippen LogP contribution in [-0.2, 0) is 6.54 Å². The van der Waals surface area contributed by atoms with Gasteiger partial charge in [0.15, 0.2) is 11.5 Å². The SMILES string of the molecule is O=C1c2ccccc2N[C@H](c2cc(Cl)c3c(c2)OCCCO3)N1Cc1ccco1. The fourth-order valence-corrected chi connectivity index (χ4v) is 3.97. The molecular formula is C22H19ClN2O4. The van der Waals surface area contributed by atoms with Gasteiger partial charge < -0.3 is 24.1 Å². The summed E-state index contributed by atoms with van der Waals surface area (Å²) >= 11 is 6.51. The average molecular weight is 411 g/mol. The monoisotopic (exact) mass is 410 g/mol. The maximum Gasteiger partial charge on any atom is 0.258 e. The molecule has 5 rings (SSSR count). The lowest BCUT2D eigenvalue weighted by atomic mass is 10.0. The standard InChI is InChI=1S/C22H19ClN2O4/c23-17-11-14(12-19-20(17)29-10-4-9-28-19)21-24-18-7-2-1-6-16(18)22(26)25(21)13-15-5-3-8-27-15/h1-3,5-8,11-12,21,24H,4,9-10,13H2/t21-/m0/s1.